The third-order valence-corrected chi connectivity index (χ3v) is 4.37. The lowest BCUT2D eigenvalue weighted by Crippen LogP contribution is -2.38. The molecule has 17 heavy (non-hydrogen) atoms. The van der Waals surface area contributed by atoms with Crippen molar-refractivity contribution in [3.63, 3.8) is 0 Å². The van der Waals surface area contributed by atoms with Crippen LogP contribution in [0.3, 0.4) is 0 Å². The van der Waals surface area contributed by atoms with E-state index < -0.39 is 0 Å². The fourth-order valence-corrected chi connectivity index (χ4v) is 3.10. The van der Waals surface area contributed by atoms with Gasteiger partial charge < -0.3 is 15.0 Å². The molecule has 0 radical (unpaired) electrons. The number of likely N-dealkylation sites (tertiary alicyclic amines) is 1. The predicted octanol–water partition coefficient (Wildman–Crippen LogP) is 1.73. The Kier molecular flexibility index (Phi) is 5.75. The third kappa shape index (κ3) is 4.57. The second-order valence-electron chi connectivity index (χ2n) is 5.69. The van der Waals surface area contributed by atoms with E-state index in [0.717, 1.165) is 25.0 Å². The summed E-state index contributed by atoms with van der Waals surface area (Å²) in [6.45, 7) is 7.14. The fourth-order valence-electron chi connectivity index (χ4n) is 3.10. The monoisotopic (exact) mass is 240 g/mol. The molecule has 2 saturated heterocycles. The number of hydrogen-bond donors (Lipinski definition) is 1. The molecule has 0 bridgehead atoms. The maximum atomic E-state index is 5.42. The van der Waals surface area contributed by atoms with Gasteiger partial charge in [-0.15, -0.1) is 0 Å². The van der Waals surface area contributed by atoms with E-state index in [0.29, 0.717) is 0 Å². The van der Waals surface area contributed by atoms with E-state index in [1.807, 2.05) is 0 Å². The van der Waals surface area contributed by atoms with Gasteiger partial charge in [-0.3, -0.25) is 0 Å². The van der Waals surface area contributed by atoms with E-state index in [4.69, 9.17) is 4.74 Å². The zero-order valence-corrected chi connectivity index (χ0v) is 11.3. The largest absolute Gasteiger partial charge is 0.381 e. The van der Waals surface area contributed by atoms with Crippen LogP contribution in [0.15, 0.2) is 0 Å². The normalized spacial score (nSPS) is 25.2. The van der Waals surface area contributed by atoms with Crippen LogP contribution in [0.2, 0.25) is 0 Å². The van der Waals surface area contributed by atoms with Crippen LogP contribution in [0.25, 0.3) is 0 Å². The van der Waals surface area contributed by atoms with Gasteiger partial charge in [0.2, 0.25) is 0 Å². The Balaban J connectivity index is 1.61. The Hall–Kier alpha value is -0.120. The van der Waals surface area contributed by atoms with Crippen molar-refractivity contribution in [1.82, 2.24) is 10.2 Å². The van der Waals surface area contributed by atoms with Crippen LogP contribution in [-0.4, -0.2) is 51.3 Å². The van der Waals surface area contributed by atoms with E-state index in [-0.39, 0.29) is 0 Å². The number of nitrogens with zero attached hydrogens (tertiary/aromatic N) is 1. The van der Waals surface area contributed by atoms with E-state index in [2.05, 4.69) is 17.3 Å². The standard InChI is InChI=1S/C14H28N2O/c1-15-7-2-13-3-8-16(9-4-13)12-14-5-10-17-11-6-14/h13-15H,2-12H2,1H3. The van der Waals surface area contributed by atoms with E-state index >= 15 is 0 Å². The molecule has 3 heteroatoms. The van der Waals surface area contributed by atoms with Gasteiger partial charge in [0.25, 0.3) is 0 Å². The summed E-state index contributed by atoms with van der Waals surface area (Å²) < 4.78 is 5.42. The van der Waals surface area contributed by atoms with Crippen LogP contribution < -0.4 is 5.32 Å². The zero-order valence-electron chi connectivity index (χ0n) is 11.3. The van der Waals surface area contributed by atoms with Crippen LogP contribution in [0.5, 0.6) is 0 Å². The van der Waals surface area contributed by atoms with Gasteiger partial charge >= 0.3 is 0 Å². The Morgan fingerprint density at radius 1 is 1.06 bits per heavy atom. The molecule has 2 aliphatic heterocycles. The van der Waals surface area contributed by atoms with Crippen molar-refractivity contribution in [1.29, 1.82) is 0 Å². The molecule has 0 aliphatic carbocycles. The predicted molar refractivity (Wildman–Crippen MR) is 71.3 cm³/mol. The molecule has 0 aromatic carbocycles. The topological polar surface area (TPSA) is 24.5 Å². The lowest BCUT2D eigenvalue weighted by molar-refractivity contribution is 0.0465. The molecule has 2 aliphatic rings. The Labute approximate surface area is 106 Å². The highest BCUT2D eigenvalue weighted by Gasteiger charge is 2.22. The zero-order chi connectivity index (χ0) is 11.9. The van der Waals surface area contributed by atoms with Crippen LogP contribution in [0.1, 0.15) is 32.1 Å². The highest BCUT2D eigenvalue weighted by atomic mass is 16.5. The van der Waals surface area contributed by atoms with Crippen LogP contribution >= 0.6 is 0 Å². The van der Waals surface area contributed by atoms with E-state index in [9.17, 15) is 0 Å². The van der Waals surface area contributed by atoms with Gasteiger partial charge in [0, 0.05) is 19.8 Å². The lowest BCUT2D eigenvalue weighted by atomic mass is 9.92. The Morgan fingerprint density at radius 2 is 1.76 bits per heavy atom. The summed E-state index contributed by atoms with van der Waals surface area (Å²) in [7, 11) is 2.06. The maximum absolute atomic E-state index is 5.42. The van der Waals surface area contributed by atoms with Crippen molar-refractivity contribution < 1.29 is 4.74 Å². The van der Waals surface area contributed by atoms with Gasteiger partial charge in [-0.25, -0.2) is 0 Å². The minimum Gasteiger partial charge on any atom is -0.381 e. The van der Waals surface area contributed by atoms with Gasteiger partial charge in [-0.05, 0) is 70.6 Å². The van der Waals surface area contributed by atoms with Crippen molar-refractivity contribution >= 4 is 0 Å². The summed E-state index contributed by atoms with van der Waals surface area (Å²) in [6, 6.07) is 0. The number of ether oxygens (including phenoxy) is 1. The van der Waals surface area contributed by atoms with Crippen LogP contribution in [0, 0.1) is 11.8 Å². The second-order valence-corrected chi connectivity index (χ2v) is 5.69. The quantitative estimate of drug-likeness (QED) is 0.792. The Morgan fingerprint density at radius 3 is 2.41 bits per heavy atom. The summed E-state index contributed by atoms with van der Waals surface area (Å²) in [6.07, 6.45) is 6.73. The fraction of sp³-hybridized carbons (Fsp3) is 1.00. The van der Waals surface area contributed by atoms with Crippen molar-refractivity contribution in [2.24, 2.45) is 11.8 Å². The van der Waals surface area contributed by atoms with Crippen LogP contribution in [-0.2, 0) is 4.74 Å². The van der Waals surface area contributed by atoms with Crippen molar-refractivity contribution in [3.05, 3.63) is 0 Å². The first-order valence-electron chi connectivity index (χ1n) is 7.33. The van der Waals surface area contributed by atoms with Crippen molar-refractivity contribution in [2.75, 3.05) is 46.4 Å². The van der Waals surface area contributed by atoms with Gasteiger partial charge in [0.05, 0.1) is 0 Å². The summed E-state index contributed by atoms with van der Waals surface area (Å²) in [4.78, 5) is 2.69. The molecular weight excluding hydrogens is 212 g/mol. The minimum absolute atomic E-state index is 0.901. The molecule has 3 nitrogen and oxygen atoms in total. The minimum atomic E-state index is 0.901. The highest BCUT2D eigenvalue weighted by Crippen LogP contribution is 2.23. The first-order chi connectivity index (χ1) is 8.38. The molecule has 100 valence electrons. The average molecular weight is 240 g/mol. The third-order valence-electron chi connectivity index (χ3n) is 4.37. The van der Waals surface area contributed by atoms with E-state index in [1.54, 1.807) is 0 Å². The molecule has 2 rings (SSSR count). The lowest BCUT2D eigenvalue weighted by Gasteiger charge is -2.35. The molecule has 2 heterocycles. The second kappa shape index (κ2) is 7.34. The molecule has 2 fully saturated rings. The van der Waals surface area contributed by atoms with Gasteiger partial charge in [-0.1, -0.05) is 0 Å². The number of hydrogen-bond acceptors (Lipinski definition) is 3. The SMILES string of the molecule is CNCCC1CCN(CC2CCOCC2)CC1. The molecule has 0 aromatic rings. The Bertz CT molecular complexity index is 196. The van der Waals surface area contributed by atoms with Crippen molar-refractivity contribution in [2.45, 2.75) is 32.1 Å². The first-order valence-corrected chi connectivity index (χ1v) is 7.33. The van der Waals surface area contributed by atoms with Gasteiger partial charge in [0.1, 0.15) is 0 Å². The average Bonchev–Trinajstić information content (AvgIpc) is 2.39. The molecular formula is C14H28N2O. The smallest absolute Gasteiger partial charge is 0.0469 e. The van der Waals surface area contributed by atoms with Gasteiger partial charge in [0.15, 0.2) is 0 Å². The first kappa shape index (κ1) is 13.3. The van der Waals surface area contributed by atoms with Gasteiger partial charge in [-0.2, -0.15) is 0 Å². The van der Waals surface area contributed by atoms with E-state index in [1.165, 1.54) is 58.3 Å². The molecule has 0 amide bonds. The summed E-state index contributed by atoms with van der Waals surface area (Å²) in [5.74, 6) is 1.87. The molecule has 1 N–H and O–H groups in total. The molecule has 0 unspecified atom stereocenters. The summed E-state index contributed by atoms with van der Waals surface area (Å²) >= 11 is 0. The molecule has 0 spiro atoms. The van der Waals surface area contributed by atoms with Crippen molar-refractivity contribution in [3.8, 4) is 0 Å². The molecule has 0 aromatic heterocycles. The van der Waals surface area contributed by atoms with Crippen LogP contribution in [0.4, 0.5) is 0 Å². The maximum Gasteiger partial charge on any atom is 0.0469 e. The number of rotatable bonds is 5. The summed E-state index contributed by atoms with van der Waals surface area (Å²) in [5.41, 5.74) is 0. The molecule has 0 saturated carbocycles. The molecule has 0 atom stereocenters. The highest BCUT2D eigenvalue weighted by molar-refractivity contribution is 4.76. The number of nitrogens with one attached hydrogen (secondary N) is 1. The number of piperidine rings is 1. The summed E-state index contributed by atoms with van der Waals surface area (Å²) in [5, 5.41) is 3.26.